The molecule has 0 atom stereocenters. The molecule has 0 N–H and O–H groups in total. The SMILES string of the molecule is N#Cc1ccc2ccsc2n1. The van der Waals surface area contributed by atoms with Gasteiger partial charge in [0.15, 0.2) is 0 Å². The van der Waals surface area contributed by atoms with Crippen LogP contribution in [0.4, 0.5) is 0 Å². The summed E-state index contributed by atoms with van der Waals surface area (Å²) >= 11 is 1.55. The summed E-state index contributed by atoms with van der Waals surface area (Å²) in [7, 11) is 0. The summed E-state index contributed by atoms with van der Waals surface area (Å²) < 4.78 is 0. The van der Waals surface area contributed by atoms with Gasteiger partial charge in [0, 0.05) is 5.39 Å². The Balaban J connectivity index is 2.79. The molecule has 0 saturated carbocycles. The molecule has 0 saturated heterocycles. The van der Waals surface area contributed by atoms with Crippen molar-refractivity contribution < 1.29 is 0 Å². The van der Waals surface area contributed by atoms with Gasteiger partial charge in [-0.15, -0.1) is 11.3 Å². The topological polar surface area (TPSA) is 36.7 Å². The molecule has 2 rings (SSSR count). The first-order chi connectivity index (χ1) is 5.40. The second kappa shape index (κ2) is 2.33. The van der Waals surface area contributed by atoms with E-state index in [-0.39, 0.29) is 0 Å². The molecule has 0 fully saturated rings. The first-order valence-electron chi connectivity index (χ1n) is 3.14. The zero-order valence-corrected chi connectivity index (χ0v) is 6.43. The normalized spacial score (nSPS) is 9.73. The van der Waals surface area contributed by atoms with Crippen molar-refractivity contribution >= 4 is 21.6 Å². The molecule has 2 aromatic rings. The number of nitrogens with zero attached hydrogens (tertiary/aromatic N) is 2. The number of nitriles is 1. The summed E-state index contributed by atoms with van der Waals surface area (Å²) in [4.78, 5) is 5.05. The quantitative estimate of drug-likeness (QED) is 0.592. The summed E-state index contributed by atoms with van der Waals surface area (Å²) in [6.45, 7) is 0. The van der Waals surface area contributed by atoms with Gasteiger partial charge in [-0.2, -0.15) is 5.26 Å². The second-order valence-electron chi connectivity index (χ2n) is 2.12. The first kappa shape index (κ1) is 6.32. The predicted octanol–water partition coefficient (Wildman–Crippen LogP) is 2.17. The minimum atomic E-state index is 0.486. The summed E-state index contributed by atoms with van der Waals surface area (Å²) in [5.41, 5.74) is 0.486. The molecular formula is C8H4N2S. The Kier molecular flexibility index (Phi) is 1.34. The second-order valence-corrected chi connectivity index (χ2v) is 3.02. The van der Waals surface area contributed by atoms with Gasteiger partial charge in [-0.25, -0.2) is 4.98 Å². The van der Waals surface area contributed by atoms with Crippen molar-refractivity contribution in [2.24, 2.45) is 0 Å². The van der Waals surface area contributed by atoms with Gasteiger partial charge in [-0.05, 0) is 23.6 Å². The number of hydrogen-bond acceptors (Lipinski definition) is 3. The Morgan fingerprint density at radius 2 is 2.27 bits per heavy atom. The molecule has 0 unspecified atom stereocenters. The fourth-order valence-corrected chi connectivity index (χ4v) is 1.67. The van der Waals surface area contributed by atoms with E-state index in [1.54, 1.807) is 17.4 Å². The Morgan fingerprint density at radius 1 is 1.36 bits per heavy atom. The highest BCUT2D eigenvalue weighted by atomic mass is 32.1. The molecule has 0 aliphatic heterocycles. The lowest BCUT2D eigenvalue weighted by molar-refractivity contribution is 1.34. The number of aromatic nitrogens is 1. The van der Waals surface area contributed by atoms with Crippen LogP contribution in [0, 0.1) is 11.3 Å². The van der Waals surface area contributed by atoms with Gasteiger partial charge < -0.3 is 0 Å². The van der Waals surface area contributed by atoms with Gasteiger partial charge in [0.05, 0.1) is 0 Å². The highest BCUT2D eigenvalue weighted by Gasteiger charge is 1.96. The molecule has 0 amide bonds. The third-order valence-corrected chi connectivity index (χ3v) is 2.25. The van der Waals surface area contributed by atoms with Gasteiger partial charge in [0.2, 0.25) is 0 Å². The van der Waals surface area contributed by atoms with Crippen molar-refractivity contribution in [1.29, 1.82) is 5.26 Å². The number of rotatable bonds is 0. The van der Waals surface area contributed by atoms with Gasteiger partial charge in [0.1, 0.15) is 16.6 Å². The molecule has 0 aliphatic rings. The molecule has 0 spiro atoms. The maximum Gasteiger partial charge on any atom is 0.142 e. The fraction of sp³-hybridized carbons (Fsp3) is 0. The highest BCUT2D eigenvalue weighted by molar-refractivity contribution is 7.16. The first-order valence-corrected chi connectivity index (χ1v) is 4.02. The van der Waals surface area contributed by atoms with Crippen molar-refractivity contribution in [2.45, 2.75) is 0 Å². The molecule has 0 aromatic carbocycles. The van der Waals surface area contributed by atoms with Crippen LogP contribution in [0.1, 0.15) is 5.69 Å². The molecule has 52 valence electrons. The zero-order valence-electron chi connectivity index (χ0n) is 5.61. The van der Waals surface area contributed by atoms with Crippen molar-refractivity contribution in [3.05, 3.63) is 29.3 Å². The average molecular weight is 160 g/mol. The lowest BCUT2D eigenvalue weighted by atomic mass is 10.3. The molecule has 0 bridgehead atoms. The van der Waals surface area contributed by atoms with E-state index in [9.17, 15) is 0 Å². The van der Waals surface area contributed by atoms with E-state index in [0.717, 1.165) is 10.2 Å². The lowest BCUT2D eigenvalue weighted by Crippen LogP contribution is -1.78. The highest BCUT2D eigenvalue weighted by Crippen LogP contribution is 2.17. The summed E-state index contributed by atoms with van der Waals surface area (Å²) in [6, 6.07) is 7.64. The van der Waals surface area contributed by atoms with E-state index >= 15 is 0 Å². The Morgan fingerprint density at radius 3 is 3.09 bits per heavy atom. The van der Waals surface area contributed by atoms with Crippen LogP contribution in [0.2, 0.25) is 0 Å². The average Bonchev–Trinajstić information content (AvgIpc) is 2.50. The van der Waals surface area contributed by atoms with Crippen molar-refractivity contribution in [3.8, 4) is 6.07 Å². The van der Waals surface area contributed by atoms with Crippen LogP contribution in [0.3, 0.4) is 0 Å². The van der Waals surface area contributed by atoms with Crippen LogP contribution in [0.25, 0.3) is 10.2 Å². The Bertz CT molecular complexity index is 425. The molecule has 0 radical (unpaired) electrons. The number of thiophene rings is 1. The van der Waals surface area contributed by atoms with Gasteiger partial charge in [0.25, 0.3) is 0 Å². The third-order valence-electron chi connectivity index (χ3n) is 1.43. The van der Waals surface area contributed by atoms with E-state index in [2.05, 4.69) is 4.98 Å². The zero-order chi connectivity index (χ0) is 7.68. The minimum Gasteiger partial charge on any atom is -0.226 e. The minimum absolute atomic E-state index is 0.486. The van der Waals surface area contributed by atoms with Gasteiger partial charge >= 0.3 is 0 Å². The van der Waals surface area contributed by atoms with Gasteiger partial charge in [-0.3, -0.25) is 0 Å². The van der Waals surface area contributed by atoms with Crippen molar-refractivity contribution in [2.75, 3.05) is 0 Å². The molecule has 2 heterocycles. The maximum atomic E-state index is 8.53. The summed E-state index contributed by atoms with van der Waals surface area (Å²) in [5, 5.41) is 11.6. The molecule has 3 heteroatoms. The van der Waals surface area contributed by atoms with Crippen LogP contribution < -0.4 is 0 Å². The van der Waals surface area contributed by atoms with Crippen LogP contribution in [-0.4, -0.2) is 4.98 Å². The molecule has 2 nitrogen and oxygen atoms in total. The third kappa shape index (κ3) is 0.975. The number of hydrogen-bond donors (Lipinski definition) is 0. The standard InChI is InChI=1S/C8H4N2S/c9-5-7-2-1-6-3-4-11-8(6)10-7/h1-4H. The largest absolute Gasteiger partial charge is 0.226 e. The molecular weight excluding hydrogens is 156 g/mol. The molecule has 2 aromatic heterocycles. The fourth-order valence-electron chi connectivity index (χ4n) is 0.906. The molecule has 0 aliphatic carbocycles. The van der Waals surface area contributed by atoms with Crippen LogP contribution in [0.5, 0.6) is 0 Å². The van der Waals surface area contributed by atoms with E-state index in [4.69, 9.17) is 5.26 Å². The summed E-state index contributed by atoms with van der Waals surface area (Å²) in [5.74, 6) is 0. The van der Waals surface area contributed by atoms with Gasteiger partial charge in [-0.1, -0.05) is 0 Å². The predicted molar refractivity (Wildman–Crippen MR) is 44.3 cm³/mol. The van der Waals surface area contributed by atoms with E-state index in [0.29, 0.717) is 5.69 Å². The van der Waals surface area contributed by atoms with E-state index in [1.165, 1.54) is 0 Å². The molecule has 11 heavy (non-hydrogen) atoms. The Hall–Kier alpha value is -1.40. The lowest BCUT2D eigenvalue weighted by Gasteiger charge is -1.87. The monoisotopic (exact) mass is 160 g/mol. The maximum absolute atomic E-state index is 8.53. The smallest absolute Gasteiger partial charge is 0.142 e. The van der Waals surface area contributed by atoms with Crippen molar-refractivity contribution in [3.63, 3.8) is 0 Å². The summed E-state index contributed by atoms with van der Waals surface area (Å²) in [6.07, 6.45) is 0. The Labute approximate surface area is 67.7 Å². The van der Waals surface area contributed by atoms with E-state index in [1.807, 2.05) is 23.6 Å². The number of pyridine rings is 1. The van der Waals surface area contributed by atoms with Crippen molar-refractivity contribution in [1.82, 2.24) is 4.98 Å². The van der Waals surface area contributed by atoms with E-state index < -0.39 is 0 Å². The van der Waals surface area contributed by atoms with Crippen LogP contribution in [0.15, 0.2) is 23.6 Å². The van der Waals surface area contributed by atoms with Crippen LogP contribution in [-0.2, 0) is 0 Å². The van der Waals surface area contributed by atoms with Crippen LogP contribution >= 0.6 is 11.3 Å². The number of fused-ring (bicyclic) bond motifs is 1.